The van der Waals surface area contributed by atoms with Crippen molar-refractivity contribution in [3.05, 3.63) is 52.4 Å². The zero-order chi connectivity index (χ0) is 24.2. The molecule has 3 N–H and O–H groups in total. The lowest BCUT2D eigenvalue weighted by Crippen LogP contribution is -2.56. The first-order valence-electron chi connectivity index (χ1n) is 12.0. The van der Waals surface area contributed by atoms with Crippen LogP contribution in [0, 0.1) is 0 Å². The van der Waals surface area contributed by atoms with E-state index in [0.717, 1.165) is 55.1 Å². The molecule has 1 saturated heterocycles. The van der Waals surface area contributed by atoms with E-state index in [0.29, 0.717) is 24.4 Å². The summed E-state index contributed by atoms with van der Waals surface area (Å²) >= 11 is 6.02. The van der Waals surface area contributed by atoms with E-state index in [1.165, 1.54) is 0 Å². The Morgan fingerprint density at radius 1 is 1.21 bits per heavy atom. The van der Waals surface area contributed by atoms with Crippen molar-refractivity contribution < 1.29 is 15.0 Å². The molecule has 1 aliphatic heterocycles. The van der Waals surface area contributed by atoms with Gasteiger partial charge in [-0.3, -0.25) is 10.2 Å². The number of piperazine rings is 1. The molecule has 0 amide bonds. The number of carbonyl (C=O) groups excluding carboxylic acids is 1. The summed E-state index contributed by atoms with van der Waals surface area (Å²) in [6, 6.07) is 7.41. The maximum Gasteiger partial charge on any atom is 0.135 e. The van der Waals surface area contributed by atoms with Crippen molar-refractivity contribution in [3.8, 4) is 0 Å². The van der Waals surface area contributed by atoms with Crippen LogP contribution in [-0.4, -0.2) is 76.4 Å². The van der Waals surface area contributed by atoms with E-state index in [2.05, 4.69) is 32.0 Å². The average molecular weight is 488 g/mol. The number of hydrogen-bond acceptors (Lipinski definition) is 8. The van der Waals surface area contributed by atoms with Gasteiger partial charge in [-0.15, -0.1) is 0 Å². The summed E-state index contributed by atoms with van der Waals surface area (Å²) in [5.74, 6) is 0.885. The summed E-state index contributed by atoms with van der Waals surface area (Å²) in [4.78, 5) is 25.5. The van der Waals surface area contributed by atoms with Gasteiger partial charge >= 0.3 is 0 Å². The number of hydrogen-bond donors (Lipinski definition) is 3. The number of halogens is 1. The number of aldehydes is 1. The Morgan fingerprint density at radius 2 is 1.91 bits per heavy atom. The van der Waals surface area contributed by atoms with E-state index in [1.807, 2.05) is 24.3 Å². The molecule has 4 rings (SSSR count). The predicted molar refractivity (Wildman–Crippen MR) is 132 cm³/mol. The third kappa shape index (κ3) is 5.58. The second kappa shape index (κ2) is 11.1. The molecule has 2 unspecified atom stereocenters. The highest BCUT2D eigenvalue weighted by molar-refractivity contribution is 6.30. The van der Waals surface area contributed by atoms with Crippen LogP contribution < -0.4 is 10.2 Å². The third-order valence-corrected chi connectivity index (χ3v) is 7.17. The van der Waals surface area contributed by atoms with Crippen molar-refractivity contribution in [2.75, 3.05) is 37.6 Å². The fourth-order valence-corrected chi connectivity index (χ4v) is 5.21. The molecular formula is C25H34ClN5O3. The van der Waals surface area contributed by atoms with Crippen LogP contribution >= 0.6 is 11.6 Å². The molecule has 1 aliphatic carbocycles. The van der Waals surface area contributed by atoms with Crippen LogP contribution in [0.4, 0.5) is 5.82 Å². The van der Waals surface area contributed by atoms with Crippen LogP contribution in [0.15, 0.2) is 30.6 Å². The largest absolute Gasteiger partial charge is 0.392 e. The average Bonchev–Trinajstić information content (AvgIpc) is 3.13. The van der Waals surface area contributed by atoms with Gasteiger partial charge in [-0.1, -0.05) is 30.7 Å². The standard InChI is InChI=1S/C25H34ClN5O3/c1-16-11-21(34)24-23(16)25(29-15-28-24)31-9-7-30(8-10-31)22(27-13-17(2)33)12-19(14-32)18-3-5-20(26)6-4-18/h3-6,14-17,19,21-22,27,33-34H,7-13H2,1-2H3/t16-,17?,19+,21-,22?/m1/s1. The molecule has 0 saturated carbocycles. The minimum atomic E-state index is -0.518. The third-order valence-electron chi connectivity index (χ3n) is 6.92. The van der Waals surface area contributed by atoms with E-state index in [9.17, 15) is 15.0 Å². The zero-order valence-electron chi connectivity index (χ0n) is 19.8. The van der Waals surface area contributed by atoms with Crippen molar-refractivity contribution in [1.82, 2.24) is 20.2 Å². The van der Waals surface area contributed by atoms with Gasteiger partial charge in [-0.25, -0.2) is 9.97 Å². The summed E-state index contributed by atoms with van der Waals surface area (Å²) in [5.41, 5.74) is 2.76. The van der Waals surface area contributed by atoms with Crippen LogP contribution in [0.2, 0.25) is 5.02 Å². The molecule has 2 aromatic rings. The predicted octanol–water partition coefficient (Wildman–Crippen LogP) is 2.46. The number of rotatable bonds is 9. The first-order valence-corrected chi connectivity index (χ1v) is 12.4. The molecule has 1 fully saturated rings. The van der Waals surface area contributed by atoms with Gasteiger partial charge < -0.3 is 19.9 Å². The van der Waals surface area contributed by atoms with E-state index >= 15 is 0 Å². The Labute approximate surface area is 206 Å². The number of fused-ring (bicyclic) bond motifs is 1. The summed E-state index contributed by atoms with van der Waals surface area (Å²) < 4.78 is 0. The van der Waals surface area contributed by atoms with Gasteiger partial charge in [-0.05, 0) is 43.4 Å². The number of nitrogens with one attached hydrogen (secondary N) is 1. The summed E-state index contributed by atoms with van der Waals surface area (Å²) in [6.45, 7) is 7.47. The first kappa shape index (κ1) is 25.0. The zero-order valence-corrected chi connectivity index (χ0v) is 20.5. The Kier molecular flexibility index (Phi) is 8.16. The lowest BCUT2D eigenvalue weighted by Gasteiger charge is -2.41. The smallest absolute Gasteiger partial charge is 0.135 e. The molecule has 9 heteroatoms. The normalized spacial score (nSPS) is 23.4. The van der Waals surface area contributed by atoms with Gasteiger partial charge in [0.25, 0.3) is 0 Å². The maximum absolute atomic E-state index is 12.0. The molecule has 5 atom stereocenters. The molecule has 0 radical (unpaired) electrons. The molecule has 1 aromatic carbocycles. The number of aliphatic hydroxyl groups is 2. The fourth-order valence-electron chi connectivity index (χ4n) is 5.09. The molecule has 0 bridgehead atoms. The quantitative estimate of drug-likeness (QED) is 0.464. The first-order chi connectivity index (χ1) is 16.4. The topological polar surface area (TPSA) is 102 Å². The number of benzene rings is 1. The number of nitrogens with zero attached hydrogens (tertiary/aromatic N) is 4. The summed E-state index contributed by atoms with van der Waals surface area (Å²) in [6.07, 6.45) is 2.78. The lowest BCUT2D eigenvalue weighted by atomic mass is 9.95. The maximum atomic E-state index is 12.0. The summed E-state index contributed by atoms with van der Waals surface area (Å²) in [7, 11) is 0. The van der Waals surface area contributed by atoms with E-state index in [-0.39, 0.29) is 18.0 Å². The molecule has 184 valence electrons. The SMILES string of the molecule is CC(O)CNC(C[C@@H](C=O)c1ccc(Cl)cc1)N1CCN(c2ncnc3c2[C@H](C)C[C@H]3O)CC1. The van der Waals surface area contributed by atoms with Gasteiger partial charge in [-0.2, -0.15) is 0 Å². The number of aliphatic hydroxyl groups excluding tert-OH is 2. The second-order valence-electron chi connectivity index (χ2n) is 9.47. The van der Waals surface area contributed by atoms with Crippen molar-refractivity contribution in [2.45, 2.75) is 56.9 Å². The highest BCUT2D eigenvalue weighted by atomic mass is 35.5. The van der Waals surface area contributed by atoms with Crippen LogP contribution in [0.5, 0.6) is 0 Å². The lowest BCUT2D eigenvalue weighted by molar-refractivity contribution is -0.109. The van der Waals surface area contributed by atoms with Crippen LogP contribution in [0.25, 0.3) is 0 Å². The molecular weight excluding hydrogens is 454 g/mol. The molecule has 2 aliphatic rings. The Hall–Kier alpha value is -2.10. The Morgan fingerprint density at radius 3 is 2.56 bits per heavy atom. The second-order valence-corrected chi connectivity index (χ2v) is 9.91. The number of anilines is 1. The van der Waals surface area contributed by atoms with Crippen molar-refractivity contribution >= 4 is 23.7 Å². The molecule has 0 spiro atoms. The Balaban J connectivity index is 1.46. The van der Waals surface area contributed by atoms with Gasteiger partial charge in [0, 0.05) is 49.2 Å². The highest BCUT2D eigenvalue weighted by Gasteiger charge is 2.34. The van der Waals surface area contributed by atoms with Gasteiger partial charge in [0.1, 0.15) is 18.4 Å². The molecule has 34 heavy (non-hydrogen) atoms. The minimum Gasteiger partial charge on any atom is -0.392 e. The van der Waals surface area contributed by atoms with Crippen LogP contribution in [-0.2, 0) is 4.79 Å². The summed E-state index contributed by atoms with van der Waals surface area (Å²) in [5, 5.41) is 24.3. The minimum absolute atomic E-state index is 0.0560. The Bertz CT molecular complexity index is 966. The van der Waals surface area contributed by atoms with Crippen molar-refractivity contribution in [2.24, 2.45) is 0 Å². The molecule has 2 heterocycles. The fraction of sp³-hybridized carbons (Fsp3) is 0.560. The number of aromatic nitrogens is 2. The van der Waals surface area contributed by atoms with Gasteiger partial charge in [0.15, 0.2) is 0 Å². The van der Waals surface area contributed by atoms with Gasteiger partial charge in [0.05, 0.1) is 24.1 Å². The van der Waals surface area contributed by atoms with Crippen LogP contribution in [0.1, 0.15) is 61.4 Å². The van der Waals surface area contributed by atoms with E-state index < -0.39 is 12.2 Å². The number of carbonyl (C=O) groups is 1. The van der Waals surface area contributed by atoms with Crippen molar-refractivity contribution in [3.63, 3.8) is 0 Å². The molecule has 8 nitrogen and oxygen atoms in total. The van der Waals surface area contributed by atoms with Crippen LogP contribution in [0.3, 0.4) is 0 Å². The molecule has 1 aromatic heterocycles. The van der Waals surface area contributed by atoms with E-state index in [1.54, 1.807) is 13.3 Å². The highest BCUT2D eigenvalue weighted by Crippen LogP contribution is 2.42. The van der Waals surface area contributed by atoms with Crippen molar-refractivity contribution in [1.29, 1.82) is 0 Å². The van der Waals surface area contributed by atoms with E-state index in [4.69, 9.17) is 11.6 Å². The van der Waals surface area contributed by atoms with Gasteiger partial charge in [0.2, 0.25) is 0 Å². The monoisotopic (exact) mass is 487 g/mol.